The number of hydrogen-bond acceptors (Lipinski definition) is 2. The first kappa shape index (κ1) is 10.5. The lowest BCUT2D eigenvalue weighted by Crippen LogP contribution is -2.42. The molecule has 0 atom stereocenters. The summed E-state index contributed by atoms with van der Waals surface area (Å²) >= 11 is 3.30. The van der Waals surface area contributed by atoms with Crippen molar-refractivity contribution in [2.75, 3.05) is 5.73 Å². The molecule has 2 rings (SSSR count). The van der Waals surface area contributed by atoms with E-state index in [0.717, 1.165) is 16.5 Å². The highest BCUT2D eigenvalue weighted by atomic mass is 79.9. The van der Waals surface area contributed by atoms with Gasteiger partial charge in [-0.1, -0.05) is 12.5 Å². The number of benzene rings is 1. The molecule has 0 aliphatic heterocycles. The summed E-state index contributed by atoms with van der Waals surface area (Å²) in [6.07, 6.45) is 2.40. The van der Waals surface area contributed by atoms with E-state index < -0.39 is 11.4 Å². The van der Waals surface area contributed by atoms with Gasteiger partial charge in [0.05, 0.1) is 5.41 Å². The maximum absolute atomic E-state index is 11.2. The average Bonchev–Trinajstić information content (AvgIpc) is 2.08. The lowest BCUT2D eigenvalue weighted by atomic mass is 9.64. The van der Waals surface area contributed by atoms with Crippen molar-refractivity contribution in [1.82, 2.24) is 0 Å². The second-order valence-electron chi connectivity index (χ2n) is 3.98. The van der Waals surface area contributed by atoms with Gasteiger partial charge in [0.15, 0.2) is 0 Å². The lowest BCUT2D eigenvalue weighted by Gasteiger charge is -2.38. The van der Waals surface area contributed by atoms with Crippen LogP contribution in [0.3, 0.4) is 0 Å². The van der Waals surface area contributed by atoms with Crippen LogP contribution in [0.25, 0.3) is 0 Å². The van der Waals surface area contributed by atoms with Gasteiger partial charge in [-0.25, -0.2) is 0 Å². The molecule has 0 bridgehead atoms. The van der Waals surface area contributed by atoms with Crippen LogP contribution in [0.1, 0.15) is 24.8 Å². The Labute approximate surface area is 96.4 Å². The van der Waals surface area contributed by atoms with Crippen LogP contribution < -0.4 is 5.73 Å². The van der Waals surface area contributed by atoms with Crippen molar-refractivity contribution in [2.45, 2.75) is 24.7 Å². The van der Waals surface area contributed by atoms with Crippen molar-refractivity contribution in [3.63, 3.8) is 0 Å². The van der Waals surface area contributed by atoms with Gasteiger partial charge in [-0.05, 0) is 46.5 Å². The van der Waals surface area contributed by atoms with Crippen molar-refractivity contribution in [3.8, 4) is 0 Å². The zero-order valence-corrected chi connectivity index (χ0v) is 9.75. The number of halogens is 1. The minimum absolute atomic E-state index is 0.597. The number of nitrogen functional groups attached to an aromatic ring is 1. The zero-order valence-electron chi connectivity index (χ0n) is 8.16. The molecule has 1 aliphatic carbocycles. The number of nitrogens with two attached hydrogens (primary N) is 1. The SMILES string of the molecule is Nc1cc(C2(C(=O)O)CCC2)ccc1Br. The fourth-order valence-electron chi connectivity index (χ4n) is 2.00. The maximum atomic E-state index is 11.2. The average molecular weight is 270 g/mol. The van der Waals surface area contributed by atoms with E-state index in [9.17, 15) is 9.90 Å². The number of hydrogen-bond donors (Lipinski definition) is 2. The highest BCUT2D eigenvalue weighted by molar-refractivity contribution is 9.10. The van der Waals surface area contributed by atoms with Crippen LogP contribution in [0.4, 0.5) is 5.69 Å². The number of carboxylic acids is 1. The molecule has 3 N–H and O–H groups in total. The van der Waals surface area contributed by atoms with Gasteiger partial charge in [0.2, 0.25) is 0 Å². The van der Waals surface area contributed by atoms with Crippen molar-refractivity contribution >= 4 is 27.6 Å². The molecule has 3 nitrogen and oxygen atoms in total. The number of carboxylic acid groups (broad SMARTS) is 1. The Morgan fingerprint density at radius 1 is 1.47 bits per heavy atom. The topological polar surface area (TPSA) is 63.3 Å². The van der Waals surface area contributed by atoms with Gasteiger partial charge >= 0.3 is 5.97 Å². The first-order chi connectivity index (χ1) is 7.06. The van der Waals surface area contributed by atoms with Crippen LogP contribution in [0.5, 0.6) is 0 Å². The molecule has 1 aliphatic rings. The third kappa shape index (κ3) is 1.53. The Morgan fingerprint density at radius 3 is 2.53 bits per heavy atom. The number of aliphatic carboxylic acids is 1. The molecule has 1 aromatic rings. The Balaban J connectivity index is 2.44. The summed E-state index contributed by atoms with van der Waals surface area (Å²) in [5, 5.41) is 9.24. The molecule has 0 radical (unpaired) electrons. The van der Waals surface area contributed by atoms with Gasteiger partial charge in [0.1, 0.15) is 0 Å². The normalized spacial score (nSPS) is 18.2. The number of anilines is 1. The van der Waals surface area contributed by atoms with Crippen LogP contribution in [0.2, 0.25) is 0 Å². The minimum atomic E-state index is -0.740. The summed E-state index contributed by atoms with van der Waals surface area (Å²) in [7, 11) is 0. The van der Waals surface area contributed by atoms with Gasteiger partial charge in [0.25, 0.3) is 0 Å². The Morgan fingerprint density at radius 2 is 2.13 bits per heavy atom. The largest absolute Gasteiger partial charge is 0.481 e. The first-order valence-electron chi connectivity index (χ1n) is 4.85. The second kappa shape index (κ2) is 3.52. The monoisotopic (exact) mass is 269 g/mol. The predicted molar refractivity (Wildman–Crippen MR) is 61.7 cm³/mol. The molecule has 0 unspecified atom stereocenters. The maximum Gasteiger partial charge on any atom is 0.314 e. The molecule has 1 fully saturated rings. The van der Waals surface area contributed by atoms with Crippen LogP contribution in [-0.4, -0.2) is 11.1 Å². The van der Waals surface area contributed by atoms with Crippen LogP contribution in [0, 0.1) is 0 Å². The molecule has 0 spiro atoms. The van der Waals surface area contributed by atoms with E-state index in [2.05, 4.69) is 15.9 Å². The van der Waals surface area contributed by atoms with Gasteiger partial charge < -0.3 is 10.8 Å². The predicted octanol–water partition coefficient (Wildman–Crippen LogP) is 2.54. The summed E-state index contributed by atoms with van der Waals surface area (Å²) < 4.78 is 0.811. The fourth-order valence-corrected chi connectivity index (χ4v) is 2.24. The molecule has 1 aromatic carbocycles. The highest BCUT2D eigenvalue weighted by Crippen LogP contribution is 2.44. The summed E-state index contributed by atoms with van der Waals surface area (Å²) in [5.41, 5.74) is 6.49. The van der Waals surface area contributed by atoms with Gasteiger partial charge in [-0.15, -0.1) is 0 Å². The van der Waals surface area contributed by atoms with E-state index in [1.807, 2.05) is 12.1 Å². The fraction of sp³-hybridized carbons (Fsp3) is 0.364. The third-order valence-electron chi connectivity index (χ3n) is 3.17. The van der Waals surface area contributed by atoms with E-state index in [-0.39, 0.29) is 0 Å². The smallest absolute Gasteiger partial charge is 0.314 e. The third-order valence-corrected chi connectivity index (χ3v) is 3.89. The van der Waals surface area contributed by atoms with E-state index in [0.29, 0.717) is 18.5 Å². The van der Waals surface area contributed by atoms with Crippen molar-refractivity contribution in [3.05, 3.63) is 28.2 Å². The summed E-state index contributed by atoms with van der Waals surface area (Å²) in [6, 6.07) is 5.42. The van der Waals surface area contributed by atoms with Gasteiger partial charge in [0, 0.05) is 10.2 Å². The highest BCUT2D eigenvalue weighted by Gasteiger charge is 2.45. The quantitative estimate of drug-likeness (QED) is 0.812. The molecular weight excluding hydrogens is 258 g/mol. The summed E-state index contributed by atoms with van der Waals surface area (Å²) in [4.78, 5) is 11.2. The van der Waals surface area contributed by atoms with E-state index >= 15 is 0 Å². The van der Waals surface area contributed by atoms with E-state index in [1.165, 1.54) is 0 Å². The number of rotatable bonds is 2. The van der Waals surface area contributed by atoms with Crippen LogP contribution in [0.15, 0.2) is 22.7 Å². The molecule has 0 aromatic heterocycles. The van der Waals surface area contributed by atoms with E-state index in [4.69, 9.17) is 5.73 Å². The molecule has 0 saturated heterocycles. The van der Waals surface area contributed by atoms with Crippen LogP contribution >= 0.6 is 15.9 Å². The molecule has 1 saturated carbocycles. The molecule has 0 heterocycles. The first-order valence-corrected chi connectivity index (χ1v) is 5.64. The lowest BCUT2D eigenvalue weighted by molar-refractivity contribution is -0.147. The Kier molecular flexibility index (Phi) is 2.46. The molecule has 80 valence electrons. The second-order valence-corrected chi connectivity index (χ2v) is 4.83. The minimum Gasteiger partial charge on any atom is -0.481 e. The van der Waals surface area contributed by atoms with Crippen molar-refractivity contribution < 1.29 is 9.90 Å². The summed E-state index contributed by atoms with van der Waals surface area (Å²) in [6.45, 7) is 0. The molecule has 0 amide bonds. The molecule has 15 heavy (non-hydrogen) atoms. The van der Waals surface area contributed by atoms with Crippen LogP contribution in [-0.2, 0) is 10.2 Å². The van der Waals surface area contributed by atoms with Crippen molar-refractivity contribution in [1.29, 1.82) is 0 Å². The zero-order chi connectivity index (χ0) is 11.1. The Hall–Kier alpha value is -1.03. The van der Waals surface area contributed by atoms with E-state index in [1.54, 1.807) is 6.07 Å². The van der Waals surface area contributed by atoms with Crippen molar-refractivity contribution in [2.24, 2.45) is 0 Å². The Bertz CT molecular complexity index is 413. The summed E-state index contributed by atoms with van der Waals surface area (Å²) in [5.74, 6) is -0.740. The number of carbonyl (C=O) groups is 1. The molecular formula is C11H12BrNO2. The standard InChI is InChI=1S/C11H12BrNO2/c12-8-3-2-7(6-9(8)13)11(10(14)15)4-1-5-11/h2-3,6H,1,4-5,13H2,(H,14,15). The van der Waals surface area contributed by atoms with Gasteiger partial charge in [-0.3, -0.25) is 4.79 Å². The van der Waals surface area contributed by atoms with Gasteiger partial charge in [-0.2, -0.15) is 0 Å². The molecule has 4 heteroatoms.